The van der Waals surface area contributed by atoms with Crippen LogP contribution in [0.5, 0.6) is 0 Å². The Hall–Kier alpha value is -2.92. The van der Waals surface area contributed by atoms with Crippen LogP contribution in [0.15, 0.2) is 41.3 Å². The van der Waals surface area contributed by atoms with Crippen LogP contribution in [0.4, 0.5) is 4.79 Å². The molecule has 0 aliphatic rings. The number of sulfone groups is 1. The number of amides is 2. The predicted octanol–water partition coefficient (Wildman–Crippen LogP) is 3.23. The molecule has 37 heavy (non-hydrogen) atoms. The molecule has 0 heterocycles. The van der Waals surface area contributed by atoms with Crippen molar-refractivity contribution in [1.29, 1.82) is 0 Å². The van der Waals surface area contributed by atoms with E-state index in [9.17, 15) is 22.8 Å². The standard InChI is InChI=1S/C22H39N3O3S.C4H4O4/c1-8-24(9-2)15-14-23-21(26)25(18(3)4)16-17-29(27,28)20-12-10-19(11-13-20)22(5,6)7;5-3(6)1-2-4(7)8/h10-13,18H,8-9,14-17H2,1-7H3,(H,23,26);1-2H,(H,5,6)(H,7,8). The minimum atomic E-state index is -3.46. The molecule has 3 N–H and O–H groups in total. The minimum Gasteiger partial charge on any atom is -0.478 e. The van der Waals surface area contributed by atoms with Gasteiger partial charge in [0.1, 0.15) is 0 Å². The summed E-state index contributed by atoms with van der Waals surface area (Å²) in [5.74, 6) is -2.61. The Morgan fingerprint density at radius 1 is 0.946 bits per heavy atom. The van der Waals surface area contributed by atoms with E-state index in [1.807, 2.05) is 26.0 Å². The van der Waals surface area contributed by atoms with Crippen LogP contribution < -0.4 is 5.32 Å². The Morgan fingerprint density at radius 2 is 1.43 bits per heavy atom. The van der Waals surface area contributed by atoms with Gasteiger partial charge in [-0.1, -0.05) is 46.8 Å². The molecule has 0 radical (unpaired) electrons. The van der Waals surface area contributed by atoms with Crippen LogP contribution >= 0.6 is 0 Å². The van der Waals surface area contributed by atoms with Crippen LogP contribution in [0.1, 0.15) is 54.0 Å². The second-order valence-electron chi connectivity index (χ2n) is 9.65. The number of carboxylic acids is 2. The number of hydrogen-bond acceptors (Lipinski definition) is 6. The summed E-state index contributed by atoms with van der Waals surface area (Å²) >= 11 is 0. The van der Waals surface area contributed by atoms with Gasteiger partial charge in [0.15, 0.2) is 9.84 Å². The van der Waals surface area contributed by atoms with E-state index in [1.54, 1.807) is 17.0 Å². The van der Waals surface area contributed by atoms with Crippen molar-refractivity contribution in [3.05, 3.63) is 42.0 Å². The van der Waals surface area contributed by atoms with Crippen molar-refractivity contribution in [1.82, 2.24) is 15.1 Å². The third-order valence-corrected chi connectivity index (χ3v) is 7.24. The third-order valence-electron chi connectivity index (χ3n) is 5.53. The summed E-state index contributed by atoms with van der Waals surface area (Å²) in [6, 6.07) is 6.77. The molecule has 1 rings (SSSR count). The Morgan fingerprint density at radius 3 is 1.81 bits per heavy atom. The highest BCUT2D eigenvalue weighted by molar-refractivity contribution is 7.91. The molecule has 0 fully saturated rings. The molecule has 10 nitrogen and oxygen atoms in total. The average Bonchev–Trinajstić information content (AvgIpc) is 2.80. The number of aliphatic carboxylic acids is 2. The van der Waals surface area contributed by atoms with Gasteiger partial charge in [-0.05, 0) is 50.0 Å². The molecular formula is C26H43N3O7S. The molecule has 0 bridgehead atoms. The van der Waals surface area contributed by atoms with Crippen LogP contribution in [0.3, 0.4) is 0 Å². The van der Waals surface area contributed by atoms with Gasteiger partial charge in [-0.2, -0.15) is 0 Å². The molecule has 0 saturated carbocycles. The number of carboxylic acid groups (broad SMARTS) is 2. The molecule has 0 unspecified atom stereocenters. The number of likely N-dealkylation sites (N-methyl/N-ethyl adjacent to an activating group) is 1. The summed E-state index contributed by atoms with van der Waals surface area (Å²) in [7, 11) is -3.46. The zero-order chi connectivity index (χ0) is 28.8. The van der Waals surface area contributed by atoms with Crippen molar-refractivity contribution in [2.24, 2.45) is 0 Å². The Balaban J connectivity index is 0.00000139. The molecular weight excluding hydrogens is 498 g/mol. The first-order valence-corrected chi connectivity index (χ1v) is 13.9. The lowest BCUT2D eigenvalue weighted by molar-refractivity contribution is -0.134. The summed E-state index contributed by atoms with van der Waals surface area (Å²) in [6.45, 7) is 17.6. The number of nitrogens with zero attached hydrogens (tertiary/aromatic N) is 2. The van der Waals surface area contributed by atoms with E-state index < -0.39 is 21.8 Å². The van der Waals surface area contributed by atoms with Crippen LogP contribution in [-0.4, -0.2) is 90.9 Å². The van der Waals surface area contributed by atoms with Gasteiger partial charge in [0.25, 0.3) is 0 Å². The van der Waals surface area contributed by atoms with Gasteiger partial charge in [0.05, 0.1) is 10.6 Å². The molecule has 0 atom stereocenters. The summed E-state index contributed by atoms with van der Waals surface area (Å²) < 4.78 is 25.5. The molecule has 11 heteroatoms. The summed E-state index contributed by atoms with van der Waals surface area (Å²) in [6.07, 6.45) is 1.12. The molecule has 0 aliphatic carbocycles. The van der Waals surface area contributed by atoms with Crippen molar-refractivity contribution < 1.29 is 33.0 Å². The first kappa shape index (κ1) is 34.1. The maximum absolute atomic E-state index is 12.8. The van der Waals surface area contributed by atoms with Crippen molar-refractivity contribution in [3.63, 3.8) is 0 Å². The topological polar surface area (TPSA) is 144 Å². The minimum absolute atomic E-state index is 0.0278. The van der Waals surface area contributed by atoms with E-state index in [0.29, 0.717) is 23.6 Å². The summed E-state index contributed by atoms with van der Waals surface area (Å²) in [5, 5.41) is 18.5. The number of hydrogen-bond donors (Lipinski definition) is 3. The SMILES string of the molecule is CCN(CC)CCNC(=O)N(CCS(=O)(=O)c1ccc(C(C)(C)C)cc1)C(C)C.O=C(O)C=CC(=O)O. The molecule has 210 valence electrons. The Bertz CT molecular complexity index is 978. The number of carbonyl (C=O) groups excluding carboxylic acids is 1. The highest BCUT2D eigenvalue weighted by Gasteiger charge is 2.22. The molecule has 1 aromatic rings. The molecule has 0 saturated heterocycles. The van der Waals surface area contributed by atoms with Gasteiger partial charge in [-0.15, -0.1) is 0 Å². The summed E-state index contributed by atoms with van der Waals surface area (Å²) in [4.78, 5) is 35.8. The summed E-state index contributed by atoms with van der Waals surface area (Å²) in [5.41, 5.74) is 1.06. The van der Waals surface area contributed by atoms with Crippen molar-refractivity contribution in [2.75, 3.05) is 38.5 Å². The normalized spacial score (nSPS) is 11.8. The first-order valence-electron chi connectivity index (χ1n) is 12.3. The van der Waals surface area contributed by atoms with Gasteiger partial charge >= 0.3 is 18.0 Å². The Labute approximate surface area is 221 Å². The quantitative estimate of drug-likeness (QED) is 0.342. The van der Waals surface area contributed by atoms with Gasteiger partial charge in [0, 0.05) is 37.8 Å². The van der Waals surface area contributed by atoms with Crippen LogP contribution in [0.25, 0.3) is 0 Å². The molecule has 0 spiro atoms. The van der Waals surface area contributed by atoms with Gasteiger partial charge in [0.2, 0.25) is 0 Å². The molecule has 0 aliphatic heterocycles. The smallest absolute Gasteiger partial charge is 0.328 e. The van der Waals surface area contributed by atoms with Gasteiger partial charge in [-0.3, -0.25) is 0 Å². The average molecular weight is 542 g/mol. The fraction of sp³-hybridized carbons (Fsp3) is 0.577. The fourth-order valence-electron chi connectivity index (χ4n) is 3.20. The number of carbonyl (C=O) groups is 3. The van der Waals surface area contributed by atoms with E-state index in [2.05, 4.69) is 44.8 Å². The van der Waals surface area contributed by atoms with E-state index >= 15 is 0 Å². The van der Waals surface area contributed by atoms with E-state index in [-0.39, 0.29) is 29.8 Å². The largest absolute Gasteiger partial charge is 0.478 e. The predicted molar refractivity (Wildman–Crippen MR) is 145 cm³/mol. The monoisotopic (exact) mass is 541 g/mol. The third kappa shape index (κ3) is 13.8. The van der Waals surface area contributed by atoms with Gasteiger partial charge in [-0.25, -0.2) is 22.8 Å². The second kappa shape index (κ2) is 16.0. The van der Waals surface area contributed by atoms with Crippen molar-refractivity contribution in [3.8, 4) is 0 Å². The first-order chi connectivity index (χ1) is 17.0. The zero-order valence-corrected chi connectivity index (χ0v) is 23.8. The maximum atomic E-state index is 12.8. The number of nitrogens with one attached hydrogen (secondary N) is 1. The fourth-order valence-corrected chi connectivity index (χ4v) is 4.42. The van der Waals surface area contributed by atoms with Crippen LogP contribution in [-0.2, 0) is 24.8 Å². The number of urea groups is 1. The van der Waals surface area contributed by atoms with Crippen LogP contribution in [0.2, 0.25) is 0 Å². The lowest BCUT2D eigenvalue weighted by Gasteiger charge is -2.27. The Kier molecular flexibility index (Phi) is 14.8. The van der Waals surface area contributed by atoms with E-state index in [1.165, 1.54) is 0 Å². The molecule has 0 aromatic heterocycles. The van der Waals surface area contributed by atoms with E-state index in [0.717, 1.165) is 25.2 Å². The molecule has 1 aromatic carbocycles. The lowest BCUT2D eigenvalue weighted by atomic mass is 9.87. The lowest BCUT2D eigenvalue weighted by Crippen LogP contribution is -2.47. The molecule has 2 amide bonds. The highest BCUT2D eigenvalue weighted by atomic mass is 32.2. The number of benzene rings is 1. The van der Waals surface area contributed by atoms with Crippen LogP contribution in [0, 0.1) is 0 Å². The van der Waals surface area contributed by atoms with Gasteiger partial charge < -0.3 is 25.3 Å². The van der Waals surface area contributed by atoms with Crippen molar-refractivity contribution >= 4 is 27.8 Å². The highest BCUT2D eigenvalue weighted by Crippen LogP contribution is 2.23. The van der Waals surface area contributed by atoms with Crippen molar-refractivity contribution in [2.45, 2.75) is 64.8 Å². The zero-order valence-electron chi connectivity index (χ0n) is 23.0. The number of rotatable bonds is 12. The van der Waals surface area contributed by atoms with E-state index in [4.69, 9.17) is 10.2 Å². The maximum Gasteiger partial charge on any atom is 0.328 e. The second-order valence-corrected chi connectivity index (χ2v) is 11.8.